The van der Waals surface area contributed by atoms with Gasteiger partial charge >= 0.3 is 0 Å². The Bertz CT molecular complexity index is 985. The second kappa shape index (κ2) is 8.25. The number of rotatable bonds is 6. The van der Waals surface area contributed by atoms with E-state index in [1.807, 2.05) is 43.5 Å². The quantitative estimate of drug-likeness (QED) is 0.347. The van der Waals surface area contributed by atoms with Crippen molar-refractivity contribution in [2.45, 2.75) is 42.7 Å². The topological polar surface area (TPSA) is 126 Å². The average Bonchev–Trinajstić information content (AvgIpc) is 3.29. The number of aromatic nitrogens is 4. The molecule has 0 bridgehead atoms. The van der Waals surface area contributed by atoms with E-state index in [1.165, 1.54) is 18.1 Å². The van der Waals surface area contributed by atoms with Gasteiger partial charge in [-0.3, -0.25) is 4.57 Å². The van der Waals surface area contributed by atoms with Crippen molar-refractivity contribution in [1.29, 1.82) is 0 Å². The maximum atomic E-state index is 10.4. The van der Waals surface area contributed by atoms with Crippen LogP contribution >= 0.6 is 11.8 Å². The van der Waals surface area contributed by atoms with Crippen molar-refractivity contribution in [3.8, 4) is 0 Å². The number of aliphatic hydroxyl groups is 3. The molecule has 0 saturated carbocycles. The normalized spacial score (nSPS) is 25.4. The third-order valence-corrected chi connectivity index (χ3v) is 5.58. The molecule has 9 nitrogen and oxygen atoms in total. The minimum Gasteiger partial charge on any atom is -0.394 e. The zero-order chi connectivity index (χ0) is 20.5. The highest BCUT2D eigenvalue weighted by molar-refractivity contribution is 7.98. The number of nitrogens with zero attached hydrogens (tertiary/aromatic N) is 4. The molecule has 10 heteroatoms. The Balaban J connectivity index is 1.72. The summed E-state index contributed by atoms with van der Waals surface area (Å²) < 4.78 is 7.20. The van der Waals surface area contributed by atoms with E-state index in [4.69, 9.17) is 4.74 Å². The van der Waals surface area contributed by atoms with Crippen LogP contribution in [0, 0.1) is 0 Å². The van der Waals surface area contributed by atoms with Crippen LogP contribution in [-0.4, -0.2) is 66.0 Å². The molecule has 0 radical (unpaired) electrons. The van der Waals surface area contributed by atoms with Gasteiger partial charge < -0.3 is 25.4 Å². The smallest absolute Gasteiger partial charge is 0.191 e. The number of thioether (sulfide) groups is 1. The fourth-order valence-corrected chi connectivity index (χ4v) is 3.77. The molecule has 2 aromatic heterocycles. The van der Waals surface area contributed by atoms with Gasteiger partial charge in [0.15, 0.2) is 28.4 Å². The molecule has 1 aromatic carbocycles. The van der Waals surface area contributed by atoms with Gasteiger partial charge in [0.05, 0.1) is 19.0 Å². The van der Waals surface area contributed by atoms with E-state index in [-0.39, 0.29) is 6.04 Å². The molecule has 3 heterocycles. The van der Waals surface area contributed by atoms with Gasteiger partial charge in [-0.2, -0.15) is 0 Å². The zero-order valence-corrected chi connectivity index (χ0v) is 16.8. The summed E-state index contributed by atoms with van der Waals surface area (Å²) in [5.41, 5.74) is 2.11. The fourth-order valence-electron chi connectivity index (χ4n) is 3.41. The molecule has 1 aliphatic rings. The zero-order valence-electron chi connectivity index (χ0n) is 16.0. The first-order chi connectivity index (χ1) is 14.0. The summed E-state index contributed by atoms with van der Waals surface area (Å²) in [4.78, 5) is 13.5. The molecule has 5 atom stereocenters. The predicted octanol–water partition coefficient (Wildman–Crippen LogP) is 1.33. The number of imidazole rings is 1. The molecule has 0 aliphatic carbocycles. The first-order valence-corrected chi connectivity index (χ1v) is 10.5. The SMILES string of the molecule is CSc1nc(NC(C)c2ccccc2)c2ncn([C@@H]3O[C@H](CO)[C@@H](O)[C@H]3O)c2n1. The van der Waals surface area contributed by atoms with Crippen LogP contribution in [0.4, 0.5) is 5.82 Å². The standard InChI is InChI=1S/C19H23N5O4S/c1-10(11-6-4-3-5-7-11)21-16-13-17(23-19(22-16)29-2)24(9-20-13)18-15(27)14(26)12(8-25)28-18/h3-7,9-10,12,14-15,18,25-27H,8H2,1-2H3,(H,21,22,23)/t10?,12-,14-,15-,18-/m1/s1. The Morgan fingerprint density at radius 2 is 1.97 bits per heavy atom. The van der Waals surface area contributed by atoms with Gasteiger partial charge in [-0.1, -0.05) is 42.1 Å². The van der Waals surface area contributed by atoms with Crippen molar-refractivity contribution >= 4 is 28.7 Å². The van der Waals surface area contributed by atoms with Gasteiger partial charge in [0.2, 0.25) is 0 Å². The highest BCUT2D eigenvalue weighted by Gasteiger charge is 2.44. The maximum Gasteiger partial charge on any atom is 0.191 e. The Labute approximate surface area is 171 Å². The van der Waals surface area contributed by atoms with E-state index in [2.05, 4.69) is 20.3 Å². The molecule has 3 aromatic rings. The van der Waals surface area contributed by atoms with Gasteiger partial charge in [-0.25, -0.2) is 15.0 Å². The third kappa shape index (κ3) is 3.69. The number of hydrogen-bond acceptors (Lipinski definition) is 9. The van der Waals surface area contributed by atoms with Gasteiger partial charge in [0.1, 0.15) is 18.3 Å². The number of anilines is 1. The van der Waals surface area contributed by atoms with Crippen LogP contribution in [-0.2, 0) is 4.74 Å². The van der Waals surface area contributed by atoms with Crippen LogP contribution in [0.5, 0.6) is 0 Å². The molecule has 1 fully saturated rings. The van der Waals surface area contributed by atoms with E-state index in [0.717, 1.165) is 5.56 Å². The number of nitrogens with one attached hydrogen (secondary N) is 1. The maximum absolute atomic E-state index is 10.4. The Kier molecular flexibility index (Phi) is 5.70. The molecule has 4 N–H and O–H groups in total. The molecule has 1 unspecified atom stereocenters. The van der Waals surface area contributed by atoms with Crippen molar-refractivity contribution in [3.05, 3.63) is 42.2 Å². The number of ether oxygens (including phenoxy) is 1. The average molecular weight is 417 g/mol. The predicted molar refractivity (Wildman–Crippen MR) is 109 cm³/mol. The lowest BCUT2D eigenvalue weighted by Crippen LogP contribution is -2.33. The molecule has 1 saturated heterocycles. The summed E-state index contributed by atoms with van der Waals surface area (Å²) in [6.07, 6.45) is -0.806. The monoisotopic (exact) mass is 417 g/mol. The van der Waals surface area contributed by atoms with Crippen LogP contribution in [0.1, 0.15) is 24.8 Å². The summed E-state index contributed by atoms with van der Waals surface area (Å²) >= 11 is 1.39. The number of fused-ring (bicyclic) bond motifs is 1. The summed E-state index contributed by atoms with van der Waals surface area (Å²) in [5.74, 6) is 0.571. The minimum absolute atomic E-state index is 0.0110. The number of benzene rings is 1. The van der Waals surface area contributed by atoms with Gasteiger partial charge in [0, 0.05) is 0 Å². The molecule has 154 valence electrons. The van der Waals surface area contributed by atoms with Crippen LogP contribution < -0.4 is 5.32 Å². The Morgan fingerprint density at radius 1 is 1.21 bits per heavy atom. The number of hydrogen-bond donors (Lipinski definition) is 4. The first kappa shape index (κ1) is 20.0. The van der Waals surface area contributed by atoms with E-state index >= 15 is 0 Å². The lowest BCUT2D eigenvalue weighted by Gasteiger charge is -2.18. The highest BCUT2D eigenvalue weighted by Crippen LogP contribution is 2.33. The van der Waals surface area contributed by atoms with Crippen LogP contribution in [0.15, 0.2) is 41.8 Å². The Hall–Kier alpha value is -2.24. The van der Waals surface area contributed by atoms with Gasteiger partial charge in [0.25, 0.3) is 0 Å². The molecular formula is C19H23N5O4S. The van der Waals surface area contributed by atoms with Crippen LogP contribution in [0.3, 0.4) is 0 Å². The first-order valence-electron chi connectivity index (χ1n) is 9.26. The second-order valence-corrected chi connectivity index (χ2v) is 7.66. The molecule has 1 aliphatic heterocycles. The van der Waals surface area contributed by atoms with Crippen molar-refractivity contribution in [2.24, 2.45) is 0 Å². The third-order valence-electron chi connectivity index (χ3n) is 5.03. The fraction of sp³-hybridized carbons (Fsp3) is 0.421. The van der Waals surface area contributed by atoms with E-state index < -0.39 is 31.1 Å². The number of aliphatic hydroxyl groups excluding tert-OH is 3. The van der Waals surface area contributed by atoms with Crippen LogP contribution in [0.2, 0.25) is 0 Å². The minimum atomic E-state index is -1.21. The van der Waals surface area contributed by atoms with Gasteiger partial charge in [-0.05, 0) is 18.7 Å². The molecule has 29 heavy (non-hydrogen) atoms. The highest BCUT2D eigenvalue weighted by atomic mass is 32.2. The largest absolute Gasteiger partial charge is 0.394 e. The van der Waals surface area contributed by atoms with Crippen molar-refractivity contribution in [1.82, 2.24) is 19.5 Å². The Morgan fingerprint density at radius 3 is 2.62 bits per heavy atom. The van der Waals surface area contributed by atoms with E-state index in [1.54, 1.807) is 4.57 Å². The molecule has 0 amide bonds. The van der Waals surface area contributed by atoms with Crippen LogP contribution in [0.25, 0.3) is 11.2 Å². The lowest BCUT2D eigenvalue weighted by atomic mass is 10.1. The van der Waals surface area contributed by atoms with Gasteiger partial charge in [-0.15, -0.1) is 0 Å². The summed E-state index contributed by atoms with van der Waals surface area (Å²) in [6.45, 7) is 1.64. The molecular weight excluding hydrogens is 394 g/mol. The summed E-state index contributed by atoms with van der Waals surface area (Å²) in [5, 5.41) is 33.7. The van der Waals surface area contributed by atoms with Crippen molar-refractivity contribution in [2.75, 3.05) is 18.2 Å². The van der Waals surface area contributed by atoms with Crippen molar-refractivity contribution < 1.29 is 20.1 Å². The van der Waals surface area contributed by atoms with E-state index in [0.29, 0.717) is 22.1 Å². The van der Waals surface area contributed by atoms with Crippen molar-refractivity contribution in [3.63, 3.8) is 0 Å². The summed E-state index contributed by atoms with van der Waals surface area (Å²) in [7, 11) is 0. The molecule has 4 rings (SSSR count). The van der Waals surface area contributed by atoms with E-state index in [9.17, 15) is 15.3 Å². The summed E-state index contributed by atoms with van der Waals surface area (Å²) in [6, 6.07) is 9.97. The second-order valence-electron chi connectivity index (χ2n) is 6.89. The lowest BCUT2D eigenvalue weighted by molar-refractivity contribution is -0.0511. The molecule has 0 spiro atoms.